The molecule has 1 aromatic rings. The van der Waals surface area contributed by atoms with E-state index in [1.165, 1.54) is 5.01 Å². The first-order chi connectivity index (χ1) is 13.6. The summed E-state index contributed by atoms with van der Waals surface area (Å²) in [4.78, 5) is 5.55. The van der Waals surface area contributed by atoms with Gasteiger partial charge in [-0.3, -0.25) is 0 Å². The first-order valence-corrected chi connectivity index (χ1v) is 9.46. The summed E-state index contributed by atoms with van der Waals surface area (Å²) >= 11 is 0. The van der Waals surface area contributed by atoms with Gasteiger partial charge in [-0.2, -0.15) is 26.3 Å². The van der Waals surface area contributed by atoms with Crippen LogP contribution in [0, 0.1) is 5.21 Å². The Hall–Kier alpha value is -2.20. The van der Waals surface area contributed by atoms with Crippen LogP contribution >= 0.6 is 0 Å². The van der Waals surface area contributed by atoms with Gasteiger partial charge in [-0.1, -0.05) is 0 Å². The second kappa shape index (κ2) is 8.50. The molecule has 1 aromatic carbocycles. The van der Waals surface area contributed by atoms with E-state index in [2.05, 4.69) is 5.28 Å². The maximum absolute atomic E-state index is 13.1. The molecule has 0 unspecified atom stereocenters. The highest BCUT2D eigenvalue weighted by Crippen LogP contribution is 2.41. The molecule has 1 aliphatic carbocycles. The summed E-state index contributed by atoms with van der Waals surface area (Å²) in [7, 11) is 1.54. The Bertz CT molecular complexity index is 731. The van der Waals surface area contributed by atoms with Crippen molar-refractivity contribution >= 4 is 0 Å². The summed E-state index contributed by atoms with van der Waals surface area (Å²) in [6, 6.07) is 1.69. The number of nitrogens with zero attached hydrogens (tertiary/aromatic N) is 3. The maximum Gasteiger partial charge on any atom is 0.416 e. The second-order valence-corrected chi connectivity index (χ2v) is 8.45. The van der Waals surface area contributed by atoms with Crippen molar-refractivity contribution in [2.24, 2.45) is 5.28 Å². The molecule has 0 heterocycles. The highest BCUT2D eigenvalue weighted by atomic mass is 19.4. The molecule has 1 fully saturated rings. The molecule has 0 N–H and O–H groups in total. The lowest BCUT2D eigenvalue weighted by Crippen LogP contribution is -2.42. The molecule has 0 aliphatic heterocycles. The lowest BCUT2D eigenvalue weighted by Gasteiger charge is -2.29. The third kappa shape index (κ3) is 6.15. The van der Waals surface area contributed by atoms with Crippen LogP contribution in [0.4, 0.5) is 26.3 Å². The van der Waals surface area contributed by atoms with Gasteiger partial charge in [-0.05, 0) is 76.1 Å². The zero-order chi connectivity index (χ0) is 22.9. The van der Waals surface area contributed by atoms with Crippen LogP contribution in [-0.4, -0.2) is 28.7 Å². The Morgan fingerprint density at radius 2 is 1.40 bits per heavy atom. The van der Waals surface area contributed by atoms with Gasteiger partial charge < -0.3 is 10.0 Å². The van der Waals surface area contributed by atoms with E-state index in [1.54, 1.807) is 7.05 Å². The number of hydrogen-bond donors (Lipinski definition) is 0. The standard InChI is InChI=1S/C19H25F6N3O2/c1-17(2,3)27(4)28(29)26-30-16-7-5-12(6-8-16)13-9-14(18(20,21)22)11-15(10-13)19(23,24)25/h9-12,16H,5-8H2,1-4H3/b28-26-. The highest BCUT2D eigenvalue weighted by molar-refractivity contribution is 5.35. The SMILES string of the molecule is CN(/[N+]([O-])=N/OC1CCC(c2cc(C(F)(F)F)cc(C(F)(F)F)c2)CC1)C(C)(C)C. The molecular formula is C19H25F6N3O2. The predicted molar refractivity (Wildman–Crippen MR) is 96.1 cm³/mol. The van der Waals surface area contributed by atoms with Crippen LogP contribution in [0.1, 0.15) is 69.1 Å². The monoisotopic (exact) mass is 441 g/mol. The molecule has 0 saturated heterocycles. The Labute approximate surface area is 170 Å². The first kappa shape index (κ1) is 24.1. The summed E-state index contributed by atoms with van der Waals surface area (Å²) in [5.74, 6) is -0.464. The van der Waals surface area contributed by atoms with Gasteiger partial charge in [-0.25, -0.2) is 0 Å². The van der Waals surface area contributed by atoms with Crippen molar-refractivity contribution in [3.05, 3.63) is 40.1 Å². The molecule has 11 heteroatoms. The summed E-state index contributed by atoms with van der Waals surface area (Å²) in [6.45, 7) is 5.43. The molecule has 2 rings (SSSR count). The van der Waals surface area contributed by atoms with E-state index in [0.717, 1.165) is 12.1 Å². The van der Waals surface area contributed by atoms with Crippen molar-refractivity contribution in [3.8, 4) is 0 Å². The summed E-state index contributed by atoms with van der Waals surface area (Å²) in [5.41, 5.74) is -3.10. The average Bonchev–Trinajstić information content (AvgIpc) is 2.63. The molecule has 0 spiro atoms. The number of rotatable bonds is 4. The van der Waals surface area contributed by atoms with Gasteiger partial charge >= 0.3 is 12.4 Å². The maximum atomic E-state index is 13.1. The van der Waals surface area contributed by atoms with Crippen molar-refractivity contribution < 1.29 is 36.1 Å². The minimum Gasteiger partial charge on any atom is -0.569 e. The van der Waals surface area contributed by atoms with E-state index >= 15 is 0 Å². The quantitative estimate of drug-likeness (QED) is 0.239. The van der Waals surface area contributed by atoms with Crippen LogP contribution in [-0.2, 0) is 17.2 Å². The minimum absolute atomic E-state index is 0.00505. The minimum atomic E-state index is -4.87. The topological polar surface area (TPSA) is 50.9 Å². The number of hydrogen-bond acceptors (Lipinski definition) is 3. The third-order valence-corrected chi connectivity index (χ3v) is 5.25. The molecule has 30 heavy (non-hydrogen) atoms. The van der Waals surface area contributed by atoms with Gasteiger partial charge in [0.1, 0.15) is 6.10 Å². The normalized spacial score (nSPS) is 21.5. The Morgan fingerprint density at radius 3 is 1.80 bits per heavy atom. The van der Waals surface area contributed by atoms with Gasteiger partial charge in [0.25, 0.3) is 0 Å². The van der Waals surface area contributed by atoms with Gasteiger partial charge in [0.15, 0.2) is 0 Å². The lowest BCUT2D eigenvalue weighted by molar-refractivity contribution is -0.720. The summed E-state index contributed by atoms with van der Waals surface area (Å²) < 4.78 is 78.3. The van der Waals surface area contributed by atoms with Crippen LogP contribution < -0.4 is 0 Å². The van der Waals surface area contributed by atoms with Gasteiger partial charge in [0.2, 0.25) is 5.28 Å². The van der Waals surface area contributed by atoms with E-state index in [4.69, 9.17) is 4.84 Å². The van der Waals surface area contributed by atoms with E-state index in [0.29, 0.717) is 30.7 Å². The fourth-order valence-electron chi connectivity index (χ4n) is 3.13. The van der Waals surface area contributed by atoms with E-state index < -0.39 is 41.0 Å². The largest absolute Gasteiger partial charge is 0.569 e. The van der Waals surface area contributed by atoms with Crippen LogP contribution in [0.25, 0.3) is 0 Å². The fourth-order valence-corrected chi connectivity index (χ4v) is 3.13. The molecule has 1 saturated carbocycles. The Morgan fingerprint density at radius 1 is 0.933 bits per heavy atom. The van der Waals surface area contributed by atoms with E-state index in [-0.39, 0.29) is 11.6 Å². The Balaban J connectivity index is 2.09. The molecule has 170 valence electrons. The number of alkyl halides is 6. The smallest absolute Gasteiger partial charge is 0.416 e. The highest BCUT2D eigenvalue weighted by Gasteiger charge is 2.38. The van der Waals surface area contributed by atoms with Crippen molar-refractivity contribution in [1.29, 1.82) is 0 Å². The third-order valence-electron chi connectivity index (χ3n) is 5.25. The molecule has 0 aromatic heterocycles. The van der Waals surface area contributed by atoms with Crippen molar-refractivity contribution in [2.45, 2.75) is 76.4 Å². The zero-order valence-electron chi connectivity index (χ0n) is 17.1. The molecule has 5 nitrogen and oxygen atoms in total. The van der Waals surface area contributed by atoms with Crippen LogP contribution in [0.3, 0.4) is 0 Å². The van der Waals surface area contributed by atoms with Crippen molar-refractivity contribution in [2.75, 3.05) is 7.05 Å². The molecular weight excluding hydrogens is 416 g/mol. The van der Waals surface area contributed by atoms with Crippen LogP contribution in [0.2, 0.25) is 0 Å². The molecule has 0 atom stereocenters. The number of benzene rings is 1. The fraction of sp³-hybridized carbons (Fsp3) is 0.684. The average molecular weight is 441 g/mol. The van der Waals surface area contributed by atoms with Gasteiger partial charge in [-0.15, -0.1) is 5.01 Å². The van der Waals surface area contributed by atoms with Crippen molar-refractivity contribution in [1.82, 2.24) is 5.01 Å². The molecule has 1 aliphatic rings. The number of halogens is 6. The molecule has 0 bridgehead atoms. The predicted octanol–water partition coefficient (Wildman–Crippen LogP) is 6.29. The number of hydrazine groups is 1. The van der Waals surface area contributed by atoms with Gasteiger partial charge in [0, 0.05) is 0 Å². The Kier molecular flexibility index (Phi) is 6.82. The second-order valence-electron chi connectivity index (χ2n) is 8.45. The molecule has 0 radical (unpaired) electrons. The van der Waals surface area contributed by atoms with E-state index in [9.17, 15) is 31.5 Å². The summed E-state index contributed by atoms with van der Waals surface area (Å²) in [5, 5.41) is 16.7. The first-order valence-electron chi connectivity index (χ1n) is 9.46. The molecule has 0 amide bonds. The van der Waals surface area contributed by atoms with E-state index in [1.807, 2.05) is 20.8 Å². The lowest BCUT2D eigenvalue weighted by atomic mass is 9.81. The van der Waals surface area contributed by atoms with Gasteiger partial charge in [0.05, 0.1) is 28.7 Å². The zero-order valence-corrected chi connectivity index (χ0v) is 17.1. The van der Waals surface area contributed by atoms with Crippen LogP contribution in [0.5, 0.6) is 0 Å². The summed E-state index contributed by atoms with van der Waals surface area (Å²) in [6.07, 6.45) is -8.80. The van der Waals surface area contributed by atoms with Crippen LogP contribution in [0.15, 0.2) is 23.5 Å². The van der Waals surface area contributed by atoms with Crippen molar-refractivity contribution in [3.63, 3.8) is 0 Å².